The number of ether oxygens (including phenoxy) is 1. The molecule has 0 fully saturated rings. The van der Waals surface area contributed by atoms with Gasteiger partial charge in [-0.25, -0.2) is 0 Å². The van der Waals surface area contributed by atoms with Gasteiger partial charge < -0.3 is 4.74 Å². The molecule has 0 radical (unpaired) electrons. The first kappa shape index (κ1) is 8.47. The van der Waals surface area contributed by atoms with Gasteiger partial charge in [0.05, 0.1) is 12.5 Å². The molecule has 9 heavy (non-hydrogen) atoms. The lowest BCUT2D eigenvalue weighted by atomic mass is 10.3. The Labute approximate surface area is 56.2 Å². The summed E-state index contributed by atoms with van der Waals surface area (Å²) in [6, 6.07) is 0. The molecule has 0 rings (SSSR count). The minimum atomic E-state index is -0.0833. The number of rotatable bonds is 3. The maximum absolute atomic E-state index is 10.8. The van der Waals surface area contributed by atoms with E-state index in [0.717, 1.165) is 6.42 Å². The Balaban J connectivity index is 3.46. The Hall–Kier alpha value is -0.530. The molecule has 0 aromatic rings. The van der Waals surface area contributed by atoms with E-state index >= 15 is 0 Å². The second-order valence-corrected chi connectivity index (χ2v) is 2.06. The van der Waals surface area contributed by atoms with E-state index in [4.69, 9.17) is 4.74 Å². The Kier molecular flexibility index (Phi) is 4.10. The van der Waals surface area contributed by atoms with Gasteiger partial charge in [-0.1, -0.05) is 13.8 Å². The van der Waals surface area contributed by atoms with Crippen LogP contribution in [0.2, 0.25) is 0 Å². The van der Waals surface area contributed by atoms with Crippen LogP contribution in [0, 0.1) is 5.92 Å². The van der Waals surface area contributed by atoms with Gasteiger partial charge in [0.25, 0.3) is 0 Å². The lowest BCUT2D eigenvalue weighted by molar-refractivity contribution is -0.147. The van der Waals surface area contributed by atoms with Gasteiger partial charge in [-0.3, -0.25) is 4.79 Å². The van der Waals surface area contributed by atoms with Crippen molar-refractivity contribution in [1.82, 2.24) is 0 Å². The molecule has 0 spiro atoms. The van der Waals surface area contributed by atoms with Gasteiger partial charge in [0.2, 0.25) is 0 Å². The van der Waals surface area contributed by atoms with Crippen LogP contribution >= 0.6 is 0 Å². The normalized spacial score (nSPS) is 12.8. The maximum atomic E-state index is 10.8. The molecule has 0 aliphatic carbocycles. The summed E-state index contributed by atoms with van der Waals surface area (Å²) in [6.45, 7) is 6.16. The first-order valence-corrected chi connectivity index (χ1v) is 3.39. The first-order valence-electron chi connectivity index (χ1n) is 3.39. The molecule has 2 heteroatoms. The summed E-state index contributed by atoms with van der Waals surface area (Å²) < 4.78 is 4.76. The van der Waals surface area contributed by atoms with Crippen molar-refractivity contribution in [3.8, 4) is 0 Å². The van der Waals surface area contributed by atoms with Crippen LogP contribution in [0.25, 0.3) is 0 Å². The van der Waals surface area contributed by atoms with E-state index in [1.54, 1.807) is 0 Å². The number of hydrogen-bond acceptors (Lipinski definition) is 2. The fraction of sp³-hybridized carbons (Fsp3) is 0.857. The number of carbonyl (C=O) groups is 1. The molecule has 0 amide bonds. The highest BCUT2D eigenvalue weighted by molar-refractivity contribution is 5.71. The third-order valence-corrected chi connectivity index (χ3v) is 1.30. The topological polar surface area (TPSA) is 26.3 Å². The van der Waals surface area contributed by atoms with E-state index in [9.17, 15) is 4.79 Å². The van der Waals surface area contributed by atoms with Gasteiger partial charge in [0, 0.05) is 0 Å². The van der Waals surface area contributed by atoms with E-state index in [2.05, 4.69) is 0 Å². The Morgan fingerprint density at radius 1 is 1.56 bits per heavy atom. The third-order valence-electron chi connectivity index (χ3n) is 1.30. The molecule has 0 bridgehead atoms. The molecule has 1 atom stereocenters. The fourth-order valence-electron chi connectivity index (χ4n) is 0.451. The second kappa shape index (κ2) is 4.36. The van der Waals surface area contributed by atoms with E-state index in [-0.39, 0.29) is 11.9 Å². The largest absolute Gasteiger partial charge is 0.466 e. The third kappa shape index (κ3) is 3.12. The molecular formula is C7H14O2. The smallest absolute Gasteiger partial charge is 0.308 e. The van der Waals surface area contributed by atoms with Crippen LogP contribution < -0.4 is 0 Å². The van der Waals surface area contributed by atoms with Gasteiger partial charge in [0.1, 0.15) is 0 Å². The van der Waals surface area contributed by atoms with Crippen LogP contribution in [0.3, 0.4) is 0 Å². The monoisotopic (exact) mass is 132 g/mol. The number of esters is 1. The predicted octanol–water partition coefficient (Wildman–Crippen LogP) is 1.60. The molecule has 0 N–H and O–H groups in total. The van der Waals surface area contributed by atoms with Crippen molar-refractivity contribution in [1.29, 1.82) is 0 Å². The zero-order valence-corrected chi connectivity index (χ0v) is 6.31. The highest BCUT2D eigenvalue weighted by atomic mass is 16.5. The SMILES string of the molecule is CCOC(=O)C(C)[13CH2][13CH3]. The van der Waals surface area contributed by atoms with Crippen LogP contribution in [0.5, 0.6) is 0 Å². The lowest BCUT2D eigenvalue weighted by Crippen LogP contribution is -2.13. The highest BCUT2D eigenvalue weighted by Gasteiger charge is 2.09. The second-order valence-electron chi connectivity index (χ2n) is 2.06. The Morgan fingerprint density at radius 2 is 2.11 bits per heavy atom. The predicted molar refractivity (Wildman–Crippen MR) is 36.1 cm³/mol. The van der Waals surface area contributed by atoms with Crippen LogP contribution in [0.4, 0.5) is 0 Å². The quantitative estimate of drug-likeness (QED) is 0.430. The van der Waals surface area contributed by atoms with Crippen LogP contribution in [-0.2, 0) is 9.53 Å². The van der Waals surface area contributed by atoms with Crippen molar-refractivity contribution in [2.75, 3.05) is 6.61 Å². The Bertz CT molecular complexity index is 88.9. The molecule has 0 aromatic heterocycles. The summed E-state index contributed by atoms with van der Waals surface area (Å²) >= 11 is 0. The molecule has 0 aromatic carbocycles. The molecule has 2 nitrogen and oxygen atoms in total. The van der Waals surface area contributed by atoms with Crippen LogP contribution in [0.1, 0.15) is 27.2 Å². The summed E-state index contributed by atoms with van der Waals surface area (Å²) in [6.07, 6.45) is 0.860. The first-order chi connectivity index (χ1) is 4.22. The molecule has 0 aliphatic rings. The summed E-state index contributed by atoms with van der Waals surface area (Å²) in [5.41, 5.74) is 0. The zero-order valence-electron chi connectivity index (χ0n) is 6.31. The van der Waals surface area contributed by atoms with Crippen molar-refractivity contribution in [3.05, 3.63) is 0 Å². The molecule has 54 valence electrons. The summed E-state index contributed by atoms with van der Waals surface area (Å²) in [4.78, 5) is 10.8. The molecule has 0 aliphatic heterocycles. The van der Waals surface area contributed by atoms with Gasteiger partial charge in [0.15, 0.2) is 0 Å². The average Bonchev–Trinajstić information content (AvgIpc) is 1.87. The fourth-order valence-corrected chi connectivity index (χ4v) is 0.451. The van der Waals surface area contributed by atoms with Gasteiger partial charge in [-0.15, -0.1) is 0 Å². The highest BCUT2D eigenvalue weighted by Crippen LogP contribution is 2.01. The number of carbonyl (C=O) groups excluding carboxylic acids is 1. The zero-order chi connectivity index (χ0) is 7.28. The summed E-state index contributed by atoms with van der Waals surface area (Å²) in [7, 11) is 0. The van der Waals surface area contributed by atoms with Crippen molar-refractivity contribution >= 4 is 5.97 Å². The Morgan fingerprint density at radius 3 is 2.44 bits per heavy atom. The minimum absolute atomic E-state index is 0.0601. The molecule has 1 unspecified atom stereocenters. The van der Waals surface area contributed by atoms with Gasteiger partial charge >= 0.3 is 5.97 Å². The van der Waals surface area contributed by atoms with Gasteiger partial charge in [-0.2, -0.15) is 0 Å². The molecule has 0 saturated heterocycles. The van der Waals surface area contributed by atoms with Crippen molar-refractivity contribution in [2.45, 2.75) is 27.2 Å². The van der Waals surface area contributed by atoms with Crippen LogP contribution in [-0.4, -0.2) is 12.6 Å². The molecule has 0 heterocycles. The average molecular weight is 132 g/mol. The summed E-state index contributed by atoms with van der Waals surface area (Å²) in [5.74, 6) is -0.0232. The lowest BCUT2D eigenvalue weighted by Gasteiger charge is -2.05. The van der Waals surface area contributed by atoms with E-state index < -0.39 is 0 Å². The van der Waals surface area contributed by atoms with E-state index in [0.29, 0.717) is 6.61 Å². The maximum Gasteiger partial charge on any atom is 0.308 e. The number of hydrogen-bond donors (Lipinski definition) is 0. The minimum Gasteiger partial charge on any atom is -0.466 e. The molecule has 0 saturated carbocycles. The van der Waals surface area contributed by atoms with E-state index in [1.807, 2.05) is 20.8 Å². The van der Waals surface area contributed by atoms with Crippen molar-refractivity contribution in [3.63, 3.8) is 0 Å². The van der Waals surface area contributed by atoms with E-state index in [1.165, 1.54) is 0 Å². The van der Waals surface area contributed by atoms with Crippen molar-refractivity contribution < 1.29 is 9.53 Å². The molecular weight excluding hydrogens is 118 g/mol. The van der Waals surface area contributed by atoms with Gasteiger partial charge in [-0.05, 0) is 13.3 Å². The standard InChI is InChI=1S/C7H14O2/c1-4-6(3)7(8)9-5-2/h6H,4-5H2,1-3H3/i1+1,4+1. The van der Waals surface area contributed by atoms with Crippen LogP contribution in [0.15, 0.2) is 0 Å². The summed E-state index contributed by atoms with van der Waals surface area (Å²) in [5, 5.41) is 0. The van der Waals surface area contributed by atoms with Crippen molar-refractivity contribution in [2.24, 2.45) is 5.92 Å².